The molecule has 2 aromatic heterocycles. The van der Waals surface area contributed by atoms with Gasteiger partial charge in [-0.1, -0.05) is 65.6 Å². The van der Waals surface area contributed by atoms with Crippen LogP contribution in [0.25, 0.3) is 11.0 Å². The van der Waals surface area contributed by atoms with Gasteiger partial charge in [0.15, 0.2) is 27.4 Å². The molecule has 1 amide bonds. The highest BCUT2D eigenvalue weighted by atomic mass is 32.2. The van der Waals surface area contributed by atoms with Crippen molar-refractivity contribution in [1.82, 2.24) is 10.2 Å². The molecule has 6 rings (SSSR count). The number of halogens is 1. The van der Waals surface area contributed by atoms with E-state index in [0.29, 0.717) is 26.4 Å². The highest BCUT2D eigenvalue weighted by molar-refractivity contribution is 8.00. The molecule has 0 bridgehead atoms. The standard InChI is InChI=1S/C30H22FN3O6S2/c1-2-39-22-14-17(11-12-20(22)35)25-24(26(36)23-13-16-7-4-6-10-21(16)40-23)27(37)28(38)34(25)29-32-33-30(42-29)41-15-18-8-3-5-9-19(18)31/h3-14,25,35,37H,2,15H2,1H3/t25-/m0/s1. The summed E-state index contributed by atoms with van der Waals surface area (Å²) in [5.74, 6) is -2.40. The van der Waals surface area contributed by atoms with Crippen LogP contribution in [0.5, 0.6) is 11.5 Å². The van der Waals surface area contributed by atoms with Crippen molar-refractivity contribution >= 4 is 50.9 Å². The number of hydrogen-bond donors (Lipinski definition) is 2. The number of para-hydroxylation sites is 1. The van der Waals surface area contributed by atoms with E-state index in [1.165, 1.54) is 40.9 Å². The molecule has 3 heterocycles. The predicted octanol–water partition coefficient (Wildman–Crippen LogP) is 6.60. The minimum atomic E-state index is -1.14. The number of phenolic OH excluding ortho intramolecular Hbond substituents is 1. The lowest BCUT2D eigenvalue weighted by molar-refractivity contribution is -0.117. The van der Waals surface area contributed by atoms with Gasteiger partial charge in [0.25, 0.3) is 5.91 Å². The number of thioether (sulfide) groups is 1. The third-order valence-corrected chi connectivity index (χ3v) is 8.72. The molecule has 0 saturated carbocycles. The van der Waals surface area contributed by atoms with Gasteiger partial charge in [-0.05, 0) is 48.4 Å². The van der Waals surface area contributed by atoms with Gasteiger partial charge >= 0.3 is 0 Å². The third kappa shape index (κ3) is 4.99. The average Bonchev–Trinajstić information content (AvgIpc) is 3.70. The zero-order chi connectivity index (χ0) is 29.4. The largest absolute Gasteiger partial charge is 0.504 e. The Morgan fingerprint density at radius 1 is 1.10 bits per heavy atom. The van der Waals surface area contributed by atoms with Crippen molar-refractivity contribution in [2.75, 3.05) is 11.5 Å². The number of aliphatic hydroxyl groups is 1. The van der Waals surface area contributed by atoms with Crippen LogP contribution in [0.15, 0.2) is 92.9 Å². The lowest BCUT2D eigenvalue weighted by Gasteiger charge is -2.24. The average molecular weight is 604 g/mol. The summed E-state index contributed by atoms with van der Waals surface area (Å²) in [5, 5.41) is 30.5. The first-order valence-corrected chi connectivity index (χ1v) is 14.6. The summed E-state index contributed by atoms with van der Waals surface area (Å²) in [6.45, 7) is 2.01. The third-order valence-electron chi connectivity index (χ3n) is 6.61. The van der Waals surface area contributed by atoms with Crippen molar-refractivity contribution in [2.45, 2.75) is 23.1 Å². The number of anilines is 1. The Labute approximate surface area is 246 Å². The molecule has 0 saturated heterocycles. The van der Waals surface area contributed by atoms with Crippen LogP contribution in [0, 0.1) is 5.82 Å². The number of aliphatic hydroxyl groups excluding tert-OH is 1. The second-order valence-corrected chi connectivity index (χ2v) is 11.4. The van der Waals surface area contributed by atoms with Gasteiger partial charge in [-0.15, -0.1) is 10.2 Å². The zero-order valence-corrected chi connectivity index (χ0v) is 23.6. The molecule has 42 heavy (non-hydrogen) atoms. The number of ketones is 1. The first-order chi connectivity index (χ1) is 20.4. The predicted molar refractivity (Wildman–Crippen MR) is 156 cm³/mol. The van der Waals surface area contributed by atoms with Gasteiger partial charge in [0.05, 0.1) is 18.2 Å². The second kappa shape index (κ2) is 11.3. The zero-order valence-electron chi connectivity index (χ0n) is 22.0. The SMILES string of the molecule is CCOc1cc([C@H]2C(C(=O)c3cc4ccccc4o3)=C(O)C(=O)N2c2nnc(SCc3ccccc3F)s2)ccc1O. The number of hydrogen-bond acceptors (Lipinski definition) is 10. The summed E-state index contributed by atoms with van der Waals surface area (Å²) in [4.78, 5) is 28.6. The molecule has 212 valence electrons. The Morgan fingerprint density at radius 2 is 1.88 bits per heavy atom. The molecule has 1 aliphatic heterocycles. The minimum absolute atomic E-state index is 0.0559. The molecule has 9 nitrogen and oxygen atoms in total. The number of aromatic hydroxyl groups is 1. The van der Waals surface area contributed by atoms with Gasteiger partial charge in [-0.3, -0.25) is 14.5 Å². The summed E-state index contributed by atoms with van der Waals surface area (Å²) in [6.07, 6.45) is 0. The van der Waals surface area contributed by atoms with E-state index in [1.807, 2.05) is 0 Å². The fraction of sp³-hybridized carbons (Fsp3) is 0.133. The number of fused-ring (bicyclic) bond motifs is 1. The number of phenols is 1. The number of nitrogens with zero attached hydrogens (tertiary/aromatic N) is 3. The number of ether oxygens (including phenoxy) is 1. The summed E-state index contributed by atoms with van der Waals surface area (Å²) in [6, 6.07) is 18.3. The molecule has 0 unspecified atom stereocenters. The lowest BCUT2D eigenvalue weighted by atomic mass is 9.95. The molecule has 2 N–H and O–H groups in total. The second-order valence-electron chi connectivity index (χ2n) is 9.21. The van der Waals surface area contributed by atoms with Crippen LogP contribution in [-0.4, -0.2) is 38.7 Å². The molecule has 1 aliphatic rings. The molecule has 0 spiro atoms. The fourth-order valence-corrected chi connectivity index (χ4v) is 6.52. The highest BCUT2D eigenvalue weighted by Gasteiger charge is 2.47. The van der Waals surface area contributed by atoms with Crippen molar-refractivity contribution in [3.05, 3.63) is 107 Å². The Kier molecular flexibility index (Phi) is 7.40. The molecule has 1 atom stereocenters. The maximum Gasteiger partial charge on any atom is 0.296 e. The number of rotatable bonds is 9. The van der Waals surface area contributed by atoms with E-state index in [0.717, 1.165) is 11.3 Å². The molecule has 0 aliphatic carbocycles. The lowest BCUT2D eigenvalue weighted by Crippen LogP contribution is -2.31. The first-order valence-electron chi connectivity index (χ1n) is 12.8. The van der Waals surface area contributed by atoms with Crippen LogP contribution >= 0.6 is 23.1 Å². The van der Waals surface area contributed by atoms with Gasteiger partial charge in [-0.2, -0.15) is 0 Å². The normalized spacial score (nSPS) is 15.1. The van der Waals surface area contributed by atoms with E-state index in [1.54, 1.807) is 55.5 Å². The molecule has 5 aromatic rings. The number of furan rings is 1. The van der Waals surface area contributed by atoms with Crippen LogP contribution in [0.3, 0.4) is 0 Å². The summed E-state index contributed by atoms with van der Waals surface area (Å²) >= 11 is 2.30. The first kappa shape index (κ1) is 27.5. The summed E-state index contributed by atoms with van der Waals surface area (Å²) < 4.78 is 25.9. The minimum Gasteiger partial charge on any atom is -0.504 e. The van der Waals surface area contributed by atoms with Crippen molar-refractivity contribution in [2.24, 2.45) is 0 Å². The smallest absolute Gasteiger partial charge is 0.296 e. The number of carbonyl (C=O) groups is 2. The molecular formula is C30H22FN3O6S2. The topological polar surface area (TPSA) is 126 Å². The molecule has 12 heteroatoms. The number of aromatic nitrogens is 2. The Bertz CT molecular complexity index is 1830. The van der Waals surface area contributed by atoms with E-state index in [2.05, 4.69) is 10.2 Å². The Hall–Kier alpha value is -4.68. The van der Waals surface area contributed by atoms with E-state index in [9.17, 15) is 24.2 Å². The molecule has 0 radical (unpaired) electrons. The molecule has 0 fully saturated rings. The van der Waals surface area contributed by atoms with Crippen molar-refractivity contribution in [3.8, 4) is 11.5 Å². The van der Waals surface area contributed by atoms with E-state index in [4.69, 9.17) is 9.15 Å². The van der Waals surface area contributed by atoms with E-state index < -0.39 is 23.5 Å². The number of Topliss-reactive ketones (excluding diaryl/α,β-unsaturated/α-hetero) is 1. The van der Waals surface area contributed by atoms with Crippen LogP contribution < -0.4 is 9.64 Å². The van der Waals surface area contributed by atoms with Crippen LogP contribution in [0.1, 0.15) is 34.6 Å². The van der Waals surface area contributed by atoms with Gasteiger partial charge in [0, 0.05) is 11.1 Å². The number of carbonyl (C=O) groups excluding carboxylic acids is 2. The van der Waals surface area contributed by atoms with Crippen LogP contribution in [0.4, 0.5) is 9.52 Å². The van der Waals surface area contributed by atoms with Gasteiger partial charge in [0.2, 0.25) is 10.9 Å². The molecule has 3 aromatic carbocycles. The summed E-state index contributed by atoms with van der Waals surface area (Å²) in [5.41, 5.74) is 1.12. The van der Waals surface area contributed by atoms with Gasteiger partial charge < -0.3 is 19.4 Å². The maximum absolute atomic E-state index is 14.1. The van der Waals surface area contributed by atoms with Crippen LogP contribution in [-0.2, 0) is 10.5 Å². The van der Waals surface area contributed by atoms with Crippen molar-refractivity contribution < 1.29 is 33.3 Å². The number of amides is 1. The van der Waals surface area contributed by atoms with E-state index >= 15 is 0 Å². The van der Waals surface area contributed by atoms with E-state index in [-0.39, 0.29) is 46.1 Å². The Morgan fingerprint density at radius 3 is 2.67 bits per heavy atom. The highest BCUT2D eigenvalue weighted by Crippen LogP contribution is 2.45. The molecular weight excluding hydrogens is 581 g/mol. The van der Waals surface area contributed by atoms with Crippen molar-refractivity contribution in [3.63, 3.8) is 0 Å². The van der Waals surface area contributed by atoms with Gasteiger partial charge in [-0.25, -0.2) is 4.39 Å². The summed E-state index contributed by atoms with van der Waals surface area (Å²) in [7, 11) is 0. The Balaban J connectivity index is 1.40. The maximum atomic E-state index is 14.1. The fourth-order valence-electron chi connectivity index (χ4n) is 4.66. The number of benzene rings is 3. The van der Waals surface area contributed by atoms with Crippen LogP contribution in [0.2, 0.25) is 0 Å². The van der Waals surface area contributed by atoms with Crippen molar-refractivity contribution in [1.29, 1.82) is 0 Å². The quantitative estimate of drug-likeness (QED) is 0.109. The van der Waals surface area contributed by atoms with Gasteiger partial charge in [0.1, 0.15) is 11.4 Å². The monoisotopic (exact) mass is 603 g/mol.